The highest BCUT2D eigenvalue weighted by Gasteiger charge is 2.15. The highest BCUT2D eigenvalue weighted by Crippen LogP contribution is 2.19. The zero-order chi connectivity index (χ0) is 14.5. The molecule has 1 aromatic carbocycles. The van der Waals surface area contributed by atoms with Gasteiger partial charge in [-0.25, -0.2) is 4.39 Å². The second kappa shape index (κ2) is 6.63. The highest BCUT2D eigenvalue weighted by atomic mass is 19.1. The molecule has 5 heteroatoms. The number of rotatable bonds is 6. The van der Waals surface area contributed by atoms with Gasteiger partial charge in [0.05, 0.1) is 11.7 Å². The monoisotopic (exact) mass is 276 g/mol. The van der Waals surface area contributed by atoms with Gasteiger partial charge in [0.15, 0.2) is 0 Å². The van der Waals surface area contributed by atoms with Crippen LogP contribution in [0.2, 0.25) is 0 Å². The zero-order valence-corrected chi connectivity index (χ0v) is 11.9. The van der Waals surface area contributed by atoms with Crippen molar-refractivity contribution >= 4 is 0 Å². The second-order valence-electron chi connectivity index (χ2n) is 4.77. The molecule has 1 aromatic heterocycles. The molecule has 2 rings (SSSR count). The lowest BCUT2D eigenvalue weighted by molar-refractivity contribution is 0.513. The van der Waals surface area contributed by atoms with E-state index in [4.69, 9.17) is 5.84 Å². The fourth-order valence-electron chi connectivity index (χ4n) is 2.33. The Kier molecular flexibility index (Phi) is 4.87. The summed E-state index contributed by atoms with van der Waals surface area (Å²) in [6, 6.07) is 8.48. The third kappa shape index (κ3) is 3.23. The molecule has 3 N–H and O–H groups in total. The van der Waals surface area contributed by atoms with Gasteiger partial charge in [-0.3, -0.25) is 16.0 Å². The minimum Gasteiger partial charge on any atom is -0.271 e. The predicted octanol–water partition coefficient (Wildman–Crippen LogP) is 2.35. The first-order chi connectivity index (χ1) is 9.67. The van der Waals surface area contributed by atoms with E-state index in [0.717, 1.165) is 29.9 Å². The first-order valence-electron chi connectivity index (χ1n) is 6.95. The number of nitrogens with two attached hydrogens (primary N) is 1. The molecule has 0 spiro atoms. The molecular weight excluding hydrogens is 255 g/mol. The first-order valence-corrected chi connectivity index (χ1v) is 6.95. The molecule has 0 radical (unpaired) electrons. The van der Waals surface area contributed by atoms with E-state index < -0.39 is 0 Å². The Balaban J connectivity index is 2.24. The Hall–Kier alpha value is -1.72. The predicted molar refractivity (Wildman–Crippen MR) is 77.4 cm³/mol. The summed E-state index contributed by atoms with van der Waals surface area (Å²) in [6.45, 7) is 4.95. The third-order valence-corrected chi connectivity index (χ3v) is 3.44. The molecule has 0 amide bonds. The van der Waals surface area contributed by atoms with Crippen molar-refractivity contribution in [3.05, 3.63) is 53.1 Å². The average molecular weight is 276 g/mol. The molecule has 108 valence electrons. The minimum absolute atomic E-state index is 0.127. The normalized spacial score (nSPS) is 12.6. The Labute approximate surface area is 118 Å². The molecule has 0 aliphatic heterocycles. The van der Waals surface area contributed by atoms with Crippen molar-refractivity contribution < 1.29 is 4.39 Å². The Bertz CT molecular complexity index is 565. The fourth-order valence-corrected chi connectivity index (χ4v) is 2.33. The lowest BCUT2D eigenvalue weighted by Crippen LogP contribution is -2.30. The van der Waals surface area contributed by atoms with Gasteiger partial charge in [-0.2, -0.15) is 5.10 Å². The van der Waals surface area contributed by atoms with E-state index in [9.17, 15) is 4.39 Å². The van der Waals surface area contributed by atoms with Crippen molar-refractivity contribution in [3.8, 4) is 0 Å². The molecule has 2 aromatic rings. The van der Waals surface area contributed by atoms with E-state index in [1.54, 1.807) is 6.07 Å². The number of nitrogens with zero attached hydrogens (tertiary/aromatic N) is 2. The van der Waals surface area contributed by atoms with E-state index in [1.165, 1.54) is 12.1 Å². The van der Waals surface area contributed by atoms with Crippen LogP contribution in [0, 0.1) is 5.82 Å². The Morgan fingerprint density at radius 2 is 2.15 bits per heavy atom. The fraction of sp³-hybridized carbons (Fsp3) is 0.400. The molecule has 0 fully saturated rings. The van der Waals surface area contributed by atoms with Crippen LogP contribution in [0.15, 0.2) is 30.3 Å². The number of benzene rings is 1. The van der Waals surface area contributed by atoms with E-state index in [-0.39, 0.29) is 11.9 Å². The lowest BCUT2D eigenvalue weighted by Gasteiger charge is -2.17. The highest BCUT2D eigenvalue weighted by molar-refractivity contribution is 5.23. The van der Waals surface area contributed by atoms with Crippen LogP contribution in [0.25, 0.3) is 0 Å². The van der Waals surface area contributed by atoms with Gasteiger partial charge in [0.1, 0.15) is 5.82 Å². The molecule has 1 unspecified atom stereocenters. The number of halogens is 1. The van der Waals surface area contributed by atoms with Crippen LogP contribution in [-0.4, -0.2) is 9.78 Å². The van der Waals surface area contributed by atoms with Crippen LogP contribution >= 0.6 is 0 Å². The van der Waals surface area contributed by atoms with Gasteiger partial charge in [0.2, 0.25) is 0 Å². The van der Waals surface area contributed by atoms with E-state index in [0.29, 0.717) is 6.42 Å². The maximum atomic E-state index is 13.3. The molecule has 0 aliphatic rings. The maximum absolute atomic E-state index is 13.3. The standard InChI is InChI=1S/C15H21FN4/c1-3-13-9-14(20(4-2)19-13)10-15(18-17)11-6-5-7-12(16)8-11/h5-9,15,18H,3-4,10,17H2,1-2H3. The maximum Gasteiger partial charge on any atom is 0.123 e. The minimum atomic E-state index is -0.249. The largest absolute Gasteiger partial charge is 0.271 e. The van der Waals surface area contributed by atoms with Crippen LogP contribution in [0.5, 0.6) is 0 Å². The summed E-state index contributed by atoms with van der Waals surface area (Å²) >= 11 is 0. The number of aryl methyl sites for hydroxylation is 2. The summed E-state index contributed by atoms with van der Waals surface area (Å²) in [4.78, 5) is 0. The Morgan fingerprint density at radius 1 is 1.35 bits per heavy atom. The zero-order valence-electron chi connectivity index (χ0n) is 11.9. The average Bonchev–Trinajstić information content (AvgIpc) is 2.87. The van der Waals surface area contributed by atoms with E-state index in [1.807, 2.05) is 10.7 Å². The first kappa shape index (κ1) is 14.7. The molecule has 20 heavy (non-hydrogen) atoms. The summed E-state index contributed by atoms with van der Waals surface area (Å²) in [5, 5.41) is 4.52. The number of nitrogens with one attached hydrogen (secondary N) is 1. The van der Waals surface area contributed by atoms with Crippen molar-refractivity contribution in [2.24, 2.45) is 5.84 Å². The van der Waals surface area contributed by atoms with Gasteiger partial charge in [-0.1, -0.05) is 19.1 Å². The molecule has 4 nitrogen and oxygen atoms in total. The van der Waals surface area contributed by atoms with Crippen molar-refractivity contribution in [2.45, 2.75) is 39.3 Å². The molecular formula is C15H21FN4. The van der Waals surface area contributed by atoms with Crippen LogP contribution < -0.4 is 11.3 Å². The van der Waals surface area contributed by atoms with Crippen LogP contribution in [-0.2, 0) is 19.4 Å². The van der Waals surface area contributed by atoms with Gasteiger partial charge < -0.3 is 0 Å². The van der Waals surface area contributed by atoms with Gasteiger partial charge in [-0.15, -0.1) is 0 Å². The number of hydrogen-bond donors (Lipinski definition) is 2. The van der Waals surface area contributed by atoms with Crippen LogP contribution in [0.3, 0.4) is 0 Å². The van der Waals surface area contributed by atoms with Crippen LogP contribution in [0.1, 0.15) is 36.8 Å². The number of aromatic nitrogens is 2. The number of hydrazine groups is 1. The van der Waals surface area contributed by atoms with E-state index in [2.05, 4.69) is 30.4 Å². The molecule has 1 atom stereocenters. The molecule has 0 saturated carbocycles. The summed E-state index contributed by atoms with van der Waals surface area (Å²) < 4.78 is 15.3. The van der Waals surface area contributed by atoms with Crippen molar-refractivity contribution in [1.29, 1.82) is 0 Å². The number of hydrogen-bond acceptors (Lipinski definition) is 3. The van der Waals surface area contributed by atoms with Crippen LogP contribution in [0.4, 0.5) is 4.39 Å². The van der Waals surface area contributed by atoms with Gasteiger partial charge >= 0.3 is 0 Å². The summed E-state index contributed by atoms with van der Waals surface area (Å²) in [5.74, 6) is 5.38. The molecule has 0 saturated heterocycles. The van der Waals surface area contributed by atoms with Gasteiger partial charge in [-0.05, 0) is 37.1 Å². The van der Waals surface area contributed by atoms with Crippen molar-refractivity contribution in [3.63, 3.8) is 0 Å². The quantitative estimate of drug-likeness (QED) is 0.629. The van der Waals surface area contributed by atoms with Gasteiger partial charge in [0.25, 0.3) is 0 Å². The molecule has 0 bridgehead atoms. The van der Waals surface area contributed by atoms with Gasteiger partial charge in [0, 0.05) is 18.7 Å². The topological polar surface area (TPSA) is 55.9 Å². The lowest BCUT2D eigenvalue weighted by atomic mass is 10.0. The second-order valence-corrected chi connectivity index (χ2v) is 4.77. The molecule has 0 aliphatic carbocycles. The molecule has 1 heterocycles. The van der Waals surface area contributed by atoms with E-state index >= 15 is 0 Å². The van der Waals surface area contributed by atoms with Crippen molar-refractivity contribution in [1.82, 2.24) is 15.2 Å². The third-order valence-electron chi connectivity index (χ3n) is 3.44. The summed E-state index contributed by atoms with van der Waals surface area (Å²) in [7, 11) is 0. The Morgan fingerprint density at radius 3 is 2.75 bits per heavy atom. The van der Waals surface area contributed by atoms with Crippen molar-refractivity contribution in [2.75, 3.05) is 0 Å². The summed E-state index contributed by atoms with van der Waals surface area (Å²) in [6.07, 6.45) is 1.58. The summed E-state index contributed by atoms with van der Waals surface area (Å²) in [5.41, 5.74) is 5.78. The smallest absolute Gasteiger partial charge is 0.123 e. The SMILES string of the molecule is CCc1cc(CC(NN)c2cccc(F)c2)n(CC)n1.